The second-order valence-electron chi connectivity index (χ2n) is 10.9. The third-order valence-electron chi connectivity index (χ3n) is 8.30. The molecule has 3 heterocycles. The van der Waals surface area contributed by atoms with E-state index < -0.39 is 0 Å². The number of nitrogens with one attached hydrogen (secondary N) is 3. The molecule has 9 nitrogen and oxygen atoms in total. The number of likely N-dealkylation sites (tertiary alicyclic amines) is 1. The highest BCUT2D eigenvalue weighted by Gasteiger charge is 2.30. The molecule has 9 heteroatoms. The first kappa shape index (κ1) is 25.7. The van der Waals surface area contributed by atoms with E-state index >= 15 is 0 Å². The van der Waals surface area contributed by atoms with Gasteiger partial charge in [0.15, 0.2) is 0 Å². The fraction of sp³-hybridized carbons (Fsp3) is 0.643. The molecule has 0 bridgehead atoms. The lowest BCUT2D eigenvalue weighted by atomic mass is 9.88. The van der Waals surface area contributed by atoms with Crippen molar-refractivity contribution in [1.82, 2.24) is 25.2 Å². The maximum Gasteiger partial charge on any atom is 0.229 e. The number of carbonyl (C=O) groups is 1. The SMILES string of the molecule is COc1cc(Nc2ncc(C3CCN(C4CCCC4)CC3)c(N[C@H]3CC[C@H](NC(C)=O)CC3)n2)ccn1. The summed E-state index contributed by atoms with van der Waals surface area (Å²) in [4.78, 5) is 28.1. The van der Waals surface area contributed by atoms with E-state index in [2.05, 4.69) is 25.8 Å². The predicted octanol–water partition coefficient (Wildman–Crippen LogP) is 4.61. The summed E-state index contributed by atoms with van der Waals surface area (Å²) in [5.74, 6) is 2.58. The fourth-order valence-corrected chi connectivity index (χ4v) is 6.30. The molecule has 0 radical (unpaired) electrons. The molecule has 2 saturated carbocycles. The van der Waals surface area contributed by atoms with Crippen LogP contribution in [0.25, 0.3) is 0 Å². The molecule has 0 aromatic carbocycles. The van der Waals surface area contributed by atoms with Crippen LogP contribution in [0, 0.1) is 0 Å². The zero-order chi connectivity index (χ0) is 25.6. The molecule has 5 rings (SSSR count). The maximum atomic E-state index is 11.5. The Bertz CT molecular complexity index is 1040. The van der Waals surface area contributed by atoms with Gasteiger partial charge in [-0.15, -0.1) is 0 Å². The van der Waals surface area contributed by atoms with Crippen molar-refractivity contribution in [2.45, 2.75) is 95.2 Å². The number of pyridine rings is 1. The summed E-state index contributed by atoms with van der Waals surface area (Å²) in [7, 11) is 1.61. The number of amides is 1. The summed E-state index contributed by atoms with van der Waals surface area (Å²) in [6, 6.07) is 5.13. The highest BCUT2D eigenvalue weighted by molar-refractivity contribution is 5.73. The van der Waals surface area contributed by atoms with Crippen molar-refractivity contribution in [3.8, 4) is 5.88 Å². The molecule has 0 spiro atoms. The molecule has 1 aliphatic heterocycles. The minimum absolute atomic E-state index is 0.0573. The van der Waals surface area contributed by atoms with Crippen LogP contribution in [0.2, 0.25) is 0 Å². The van der Waals surface area contributed by atoms with Gasteiger partial charge in [0, 0.05) is 54.8 Å². The Balaban J connectivity index is 1.30. The monoisotopic (exact) mass is 507 g/mol. The number of hydrogen-bond donors (Lipinski definition) is 3. The topological polar surface area (TPSA) is 104 Å². The average Bonchev–Trinajstić information content (AvgIpc) is 3.45. The van der Waals surface area contributed by atoms with Crippen LogP contribution >= 0.6 is 0 Å². The first-order chi connectivity index (χ1) is 18.1. The molecule has 37 heavy (non-hydrogen) atoms. The Kier molecular flexibility index (Phi) is 8.38. The zero-order valence-electron chi connectivity index (χ0n) is 22.2. The van der Waals surface area contributed by atoms with Gasteiger partial charge in [0.1, 0.15) is 5.82 Å². The van der Waals surface area contributed by atoms with Crippen molar-refractivity contribution in [2.75, 3.05) is 30.8 Å². The third kappa shape index (κ3) is 6.69. The third-order valence-corrected chi connectivity index (χ3v) is 8.30. The molecule has 2 aromatic rings. The summed E-state index contributed by atoms with van der Waals surface area (Å²) in [6.07, 6.45) is 15.5. The van der Waals surface area contributed by atoms with Crippen LogP contribution < -0.4 is 20.7 Å². The van der Waals surface area contributed by atoms with Gasteiger partial charge >= 0.3 is 0 Å². The lowest BCUT2D eigenvalue weighted by Crippen LogP contribution is -2.40. The summed E-state index contributed by atoms with van der Waals surface area (Å²) >= 11 is 0. The Labute approximate surface area is 220 Å². The number of hydrogen-bond acceptors (Lipinski definition) is 8. The van der Waals surface area contributed by atoms with Crippen LogP contribution in [0.1, 0.15) is 82.6 Å². The van der Waals surface area contributed by atoms with Crippen molar-refractivity contribution in [3.63, 3.8) is 0 Å². The molecule has 2 aliphatic carbocycles. The van der Waals surface area contributed by atoms with Gasteiger partial charge < -0.3 is 25.6 Å². The molecule has 3 fully saturated rings. The van der Waals surface area contributed by atoms with E-state index in [1.807, 2.05) is 18.3 Å². The van der Waals surface area contributed by atoms with Crippen LogP contribution in [0.3, 0.4) is 0 Å². The molecule has 3 aliphatic rings. The summed E-state index contributed by atoms with van der Waals surface area (Å²) < 4.78 is 5.26. The van der Waals surface area contributed by atoms with Crippen molar-refractivity contribution >= 4 is 23.4 Å². The molecular formula is C28H41N7O2. The Morgan fingerprint density at radius 2 is 1.73 bits per heavy atom. The van der Waals surface area contributed by atoms with E-state index in [4.69, 9.17) is 14.7 Å². The molecule has 1 saturated heterocycles. The predicted molar refractivity (Wildman–Crippen MR) is 145 cm³/mol. The van der Waals surface area contributed by atoms with Crippen molar-refractivity contribution in [1.29, 1.82) is 0 Å². The van der Waals surface area contributed by atoms with Crippen LogP contribution in [-0.4, -0.2) is 64.1 Å². The van der Waals surface area contributed by atoms with Crippen LogP contribution in [-0.2, 0) is 4.79 Å². The van der Waals surface area contributed by atoms with Gasteiger partial charge in [-0.05, 0) is 76.4 Å². The second kappa shape index (κ2) is 12.1. The molecule has 0 atom stereocenters. The van der Waals surface area contributed by atoms with Crippen LogP contribution in [0.15, 0.2) is 24.5 Å². The standard InChI is InChI=1S/C28H41N7O2/c1-19(36)31-21-7-9-22(10-8-21)32-27-25(20-12-15-35(16-13-20)24-5-3-4-6-24)18-30-28(34-27)33-23-11-14-29-26(17-23)37-2/h11,14,17-18,20-22,24H,3-10,12-13,15-16H2,1-2H3,(H,31,36)(H2,29,30,32,33,34)/t21-,22-. The summed E-state index contributed by atoms with van der Waals surface area (Å²) in [6.45, 7) is 3.92. The molecule has 0 unspecified atom stereocenters. The smallest absolute Gasteiger partial charge is 0.229 e. The van der Waals surface area contributed by atoms with Gasteiger partial charge in [-0.1, -0.05) is 12.8 Å². The maximum absolute atomic E-state index is 11.5. The van der Waals surface area contributed by atoms with E-state index in [9.17, 15) is 4.79 Å². The zero-order valence-corrected chi connectivity index (χ0v) is 22.2. The molecular weight excluding hydrogens is 466 g/mol. The number of rotatable bonds is 8. The molecule has 2 aromatic heterocycles. The Hall–Kier alpha value is -2.94. The van der Waals surface area contributed by atoms with Gasteiger partial charge in [-0.3, -0.25) is 4.79 Å². The Morgan fingerprint density at radius 1 is 1.00 bits per heavy atom. The molecule has 200 valence electrons. The minimum Gasteiger partial charge on any atom is -0.481 e. The summed E-state index contributed by atoms with van der Waals surface area (Å²) in [5.41, 5.74) is 2.07. The van der Waals surface area contributed by atoms with Gasteiger partial charge in [-0.2, -0.15) is 4.98 Å². The van der Waals surface area contributed by atoms with E-state index in [-0.39, 0.29) is 11.9 Å². The number of piperidine rings is 1. The highest BCUT2D eigenvalue weighted by Crippen LogP contribution is 2.36. The van der Waals surface area contributed by atoms with Crippen molar-refractivity contribution in [3.05, 3.63) is 30.1 Å². The molecule has 1 amide bonds. The van der Waals surface area contributed by atoms with Crippen LogP contribution in [0.4, 0.5) is 17.5 Å². The van der Waals surface area contributed by atoms with E-state index in [0.717, 1.165) is 69.2 Å². The second-order valence-corrected chi connectivity index (χ2v) is 10.9. The van der Waals surface area contributed by atoms with Crippen molar-refractivity contribution in [2.24, 2.45) is 0 Å². The average molecular weight is 508 g/mol. The van der Waals surface area contributed by atoms with E-state index in [1.165, 1.54) is 31.2 Å². The number of carbonyl (C=O) groups excluding carboxylic acids is 1. The van der Waals surface area contributed by atoms with Crippen molar-refractivity contribution < 1.29 is 9.53 Å². The van der Waals surface area contributed by atoms with Crippen LogP contribution in [0.5, 0.6) is 5.88 Å². The lowest BCUT2D eigenvalue weighted by Gasteiger charge is -2.37. The highest BCUT2D eigenvalue weighted by atomic mass is 16.5. The van der Waals surface area contributed by atoms with Gasteiger partial charge in [0.05, 0.1) is 7.11 Å². The van der Waals surface area contributed by atoms with Gasteiger partial charge in [-0.25, -0.2) is 9.97 Å². The number of aromatic nitrogens is 3. The lowest BCUT2D eigenvalue weighted by molar-refractivity contribution is -0.119. The van der Waals surface area contributed by atoms with Gasteiger partial charge in [0.2, 0.25) is 17.7 Å². The number of methoxy groups -OCH3 is 1. The van der Waals surface area contributed by atoms with E-state index in [1.54, 1.807) is 20.2 Å². The summed E-state index contributed by atoms with van der Waals surface area (Å²) in [5, 5.41) is 10.2. The van der Waals surface area contributed by atoms with E-state index in [0.29, 0.717) is 23.8 Å². The minimum atomic E-state index is 0.0573. The number of anilines is 3. The first-order valence-electron chi connectivity index (χ1n) is 14.0. The Morgan fingerprint density at radius 3 is 2.43 bits per heavy atom. The number of nitrogens with zero attached hydrogens (tertiary/aromatic N) is 4. The largest absolute Gasteiger partial charge is 0.481 e. The first-order valence-corrected chi connectivity index (χ1v) is 14.0. The normalized spacial score (nSPS) is 23.5. The fourth-order valence-electron chi connectivity index (χ4n) is 6.30. The van der Waals surface area contributed by atoms with Gasteiger partial charge in [0.25, 0.3) is 0 Å². The number of ether oxygens (including phenoxy) is 1. The molecule has 3 N–H and O–H groups in total. The quantitative estimate of drug-likeness (QED) is 0.476.